The molecule has 1 aromatic rings. The van der Waals surface area contributed by atoms with Gasteiger partial charge in [0.25, 0.3) is 5.91 Å². The van der Waals surface area contributed by atoms with Gasteiger partial charge in [0.15, 0.2) is 0 Å². The van der Waals surface area contributed by atoms with Gasteiger partial charge in [0.2, 0.25) is 0 Å². The number of carbonyl (C=O) groups is 1. The van der Waals surface area contributed by atoms with Crippen LogP contribution in [-0.2, 0) is 4.79 Å². The van der Waals surface area contributed by atoms with Crippen molar-refractivity contribution in [1.82, 2.24) is 5.01 Å². The molecule has 5 atom stereocenters. The van der Waals surface area contributed by atoms with E-state index < -0.39 is 5.54 Å². The van der Waals surface area contributed by atoms with Crippen LogP contribution < -0.4 is 10.7 Å². The van der Waals surface area contributed by atoms with E-state index in [1.807, 2.05) is 38.1 Å². The van der Waals surface area contributed by atoms with E-state index in [-0.39, 0.29) is 5.91 Å². The highest BCUT2D eigenvalue weighted by molar-refractivity contribution is 5.98. The summed E-state index contributed by atoms with van der Waals surface area (Å²) in [6, 6.07) is 8.34. The van der Waals surface area contributed by atoms with Crippen LogP contribution in [0.5, 0.6) is 0 Å². The maximum absolute atomic E-state index is 13.0. The number of carbonyl (C=O) groups excluding carboxylic acids is 1. The maximum Gasteiger partial charge on any atom is 0.268 e. The molecule has 4 fully saturated rings. The number of hydrogen-bond donors (Lipinski definition) is 1. The summed E-state index contributed by atoms with van der Waals surface area (Å²) in [5, 5.41) is 4.33. The minimum Gasteiger partial charge on any atom is -0.399 e. The number of fused-ring (bicyclic) bond motifs is 1. The molecule has 4 heteroatoms. The van der Waals surface area contributed by atoms with Crippen molar-refractivity contribution in [1.29, 1.82) is 0 Å². The molecule has 1 aromatic carbocycles. The first-order valence-electron chi connectivity index (χ1n) is 9.46. The number of nitrogens with two attached hydrogens (primary N) is 1. The fourth-order valence-corrected chi connectivity index (χ4v) is 6.05. The molecule has 4 aliphatic rings. The van der Waals surface area contributed by atoms with Crippen LogP contribution in [0.15, 0.2) is 24.3 Å². The summed E-state index contributed by atoms with van der Waals surface area (Å²) < 4.78 is 0. The molecule has 0 spiro atoms. The van der Waals surface area contributed by atoms with E-state index in [2.05, 4.69) is 10.0 Å². The monoisotopic (exact) mass is 325 g/mol. The van der Waals surface area contributed by atoms with Gasteiger partial charge in [0, 0.05) is 5.69 Å². The first-order chi connectivity index (χ1) is 11.5. The van der Waals surface area contributed by atoms with Crippen molar-refractivity contribution in [2.75, 3.05) is 10.7 Å². The summed E-state index contributed by atoms with van der Waals surface area (Å²) in [5.41, 5.74) is 7.24. The zero-order valence-corrected chi connectivity index (χ0v) is 14.6. The second-order valence-corrected chi connectivity index (χ2v) is 8.91. The summed E-state index contributed by atoms with van der Waals surface area (Å²) in [6.07, 6.45) is 6.62. The molecule has 1 saturated heterocycles. The Balaban J connectivity index is 1.47. The summed E-state index contributed by atoms with van der Waals surface area (Å²) in [5.74, 6) is 3.85. The number of anilines is 2. The molecular formula is C20H27N3O. The van der Waals surface area contributed by atoms with Gasteiger partial charge in [0.05, 0.1) is 11.7 Å². The Morgan fingerprint density at radius 2 is 1.71 bits per heavy atom. The van der Waals surface area contributed by atoms with Gasteiger partial charge >= 0.3 is 0 Å². The first-order valence-corrected chi connectivity index (χ1v) is 9.46. The molecule has 24 heavy (non-hydrogen) atoms. The van der Waals surface area contributed by atoms with Gasteiger partial charge in [-0.25, -0.2) is 5.01 Å². The van der Waals surface area contributed by atoms with Crippen molar-refractivity contribution in [3.05, 3.63) is 24.3 Å². The highest BCUT2D eigenvalue weighted by Gasteiger charge is 2.60. The molecule has 5 rings (SSSR count). The minimum atomic E-state index is -0.455. The van der Waals surface area contributed by atoms with Gasteiger partial charge in [-0.1, -0.05) is 0 Å². The zero-order valence-electron chi connectivity index (χ0n) is 14.6. The summed E-state index contributed by atoms with van der Waals surface area (Å²) in [4.78, 5) is 13.0. The number of hydrogen-bond acceptors (Lipinski definition) is 3. The number of amides is 1. The number of nitrogens with zero attached hydrogens (tertiary/aromatic N) is 2. The molecule has 0 radical (unpaired) electrons. The highest BCUT2D eigenvalue weighted by atomic mass is 16.2. The zero-order chi connectivity index (χ0) is 16.6. The molecule has 3 aliphatic carbocycles. The second kappa shape index (κ2) is 4.68. The molecule has 0 aromatic heterocycles. The van der Waals surface area contributed by atoms with Gasteiger partial charge in [-0.15, -0.1) is 0 Å². The molecule has 2 bridgehead atoms. The summed E-state index contributed by atoms with van der Waals surface area (Å²) >= 11 is 0. The minimum absolute atomic E-state index is 0.281. The Morgan fingerprint density at radius 1 is 1.00 bits per heavy atom. The maximum atomic E-state index is 13.0. The molecule has 128 valence electrons. The van der Waals surface area contributed by atoms with E-state index in [4.69, 9.17) is 5.73 Å². The van der Waals surface area contributed by atoms with E-state index in [1.54, 1.807) is 0 Å². The molecular weight excluding hydrogens is 298 g/mol. The Hall–Kier alpha value is -1.71. The van der Waals surface area contributed by atoms with Gasteiger partial charge in [0.1, 0.15) is 5.54 Å². The topological polar surface area (TPSA) is 49.6 Å². The van der Waals surface area contributed by atoms with Crippen LogP contribution in [0, 0.1) is 23.7 Å². The molecule has 2 N–H and O–H groups in total. The van der Waals surface area contributed by atoms with Gasteiger partial charge in [-0.2, -0.15) is 0 Å². The van der Waals surface area contributed by atoms with Crippen LogP contribution in [-0.4, -0.2) is 22.5 Å². The Kier molecular flexibility index (Phi) is 2.85. The number of nitrogen functional groups attached to an aromatic ring is 1. The SMILES string of the molecule is CC1(C)C(=O)N(C2CCC3CC4CC2CC34)N1c1ccc(N)cc1. The van der Waals surface area contributed by atoms with E-state index in [1.165, 1.54) is 32.1 Å². The van der Waals surface area contributed by atoms with Crippen LogP contribution in [0.3, 0.4) is 0 Å². The third-order valence-corrected chi connectivity index (χ3v) is 7.30. The van der Waals surface area contributed by atoms with Crippen molar-refractivity contribution in [2.45, 2.75) is 57.5 Å². The average molecular weight is 325 g/mol. The third-order valence-electron chi connectivity index (χ3n) is 7.30. The van der Waals surface area contributed by atoms with E-state index in [0.717, 1.165) is 29.1 Å². The molecule has 4 nitrogen and oxygen atoms in total. The van der Waals surface area contributed by atoms with Crippen molar-refractivity contribution in [3.8, 4) is 0 Å². The summed E-state index contributed by atoms with van der Waals surface area (Å²) in [7, 11) is 0. The predicted octanol–water partition coefficient (Wildman–Crippen LogP) is 3.44. The van der Waals surface area contributed by atoms with Crippen LogP contribution in [0.4, 0.5) is 11.4 Å². The summed E-state index contributed by atoms with van der Waals surface area (Å²) in [6.45, 7) is 4.07. The number of hydrazine groups is 1. The average Bonchev–Trinajstić information content (AvgIpc) is 2.78. The molecule has 1 amide bonds. The van der Waals surface area contributed by atoms with Crippen molar-refractivity contribution in [2.24, 2.45) is 23.7 Å². The lowest BCUT2D eigenvalue weighted by Crippen LogP contribution is -2.78. The van der Waals surface area contributed by atoms with E-state index in [9.17, 15) is 4.79 Å². The Labute approximate surface area is 144 Å². The van der Waals surface area contributed by atoms with E-state index in [0.29, 0.717) is 12.0 Å². The largest absolute Gasteiger partial charge is 0.399 e. The lowest BCUT2D eigenvalue weighted by atomic mass is 9.64. The predicted molar refractivity (Wildman–Crippen MR) is 95.1 cm³/mol. The van der Waals surface area contributed by atoms with Crippen molar-refractivity contribution >= 4 is 17.3 Å². The quantitative estimate of drug-likeness (QED) is 0.848. The molecule has 1 heterocycles. The molecule has 1 aliphatic heterocycles. The lowest BCUT2D eigenvalue weighted by molar-refractivity contribution is -0.158. The standard InChI is InChI=1S/C20H27N3O/c1-20(2)19(24)22(23(20)16-6-4-15(21)5-7-16)18-8-3-12-9-13-10-14(18)11-17(12)13/h4-7,12-14,17-18H,3,8-11,21H2,1-2H3. The van der Waals surface area contributed by atoms with Gasteiger partial charge < -0.3 is 5.73 Å². The van der Waals surface area contributed by atoms with Gasteiger partial charge in [-0.05, 0) is 93.9 Å². The fourth-order valence-electron chi connectivity index (χ4n) is 6.05. The van der Waals surface area contributed by atoms with Crippen LogP contribution in [0.2, 0.25) is 0 Å². The highest BCUT2D eigenvalue weighted by Crippen LogP contribution is 2.60. The van der Waals surface area contributed by atoms with E-state index >= 15 is 0 Å². The molecule has 3 saturated carbocycles. The fraction of sp³-hybridized carbons (Fsp3) is 0.650. The number of rotatable bonds is 2. The lowest BCUT2D eigenvalue weighted by Gasteiger charge is -2.60. The van der Waals surface area contributed by atoms with Crippen LogP contribution >= 0.6 is 0 Å². The third kappa shape index (κ3) is 1.77. The van der Waals surface area contributed by atoms with Crippen LogP contribution in [0.25, 0.3) is 0 Å². The smallest absolute Gasteiger partial charge is 0.268 e. The number of benzene rings is 1. The Bertz CT molecular complexity index is 683. The Morgan fingerprint density at radius 3 is 2.46 bits per heavy atom. The van der Waals surface area contributed by atoms with Crippen LogP contribution in [0.1, 0.15) is 46.0 Å². The van der Waals surface area contributed by atoms with Gasteiger partial charge in [-0.3, -0.25) is 9.80 Å². The van der Waals surface area contributed by atoms with Crippen molar-refractivity contribution < 1.29 is 4.79 Å². The second-order valence-electron chi connectivity index (χ2n) is 8.91. The first kappa shape index (κ1) is 14.6. The normalized spacial score (nSPS) is 39.2. The van der Waals surface area contributed by atoms with Crippen molar-refractivity contribution in [3.63, 3.8) is 0 Å². The molecule has 5 unspecified atom stereocenters.